The van der Waals surface area contributed by atoms with Gasteiger partial charge in [-0.05, 0) is 51.9 Å². The summed E-state index contributed by atoms with van der Waals surface area (Å²) < 4.78 is 5.42. The van der Waals surface area contributed by atoms with Gasteiger partial charge in [-0.25, -0.2) is 10.3 Å². The fourth-order valence-electron chi connectivity index (χ4n) is 3.52. The lowest BCUT2D eigenvalue weighted by Gasteiger charge is -2.25. The minimum absolute atomic E-state index is 0.0129. The third-order valence-corrected chi connectivity index (χ3v) is 5.30. The highest BCUT2D eigenvalue weighted by molar-refractivity contribution is 5.90. The predicted molar refractivity (Wildman–Crippen MR) is 108 cm³/mol. The first-order valence-corrected chi connectivity index (χ1v) is 10.7. The maximum Gasteiger partial charge on any atom is 0.244 e. The summed E-state index contributed by atoms with van der Waals surface area (Å²) in [6.07, 6.45) is 10.6. The molecule has 3 amide bonds. The van der Waals surface area contributed by atoms with E-state index in [9.17, 15) is 14.4 Å². The monoisotopic (exact) mass is 409 g/mol. The lowest BCUT2D eigenvalue weighted by Crippen LogP contribution is -2.48. The first-order valence-electron chi connectivity index (χ1n) is 10.7. The Labute approximate surface area is 173 Å². The largest absolute Gasteiger partial charge is 0.350 e. The summed E-state index contributed by atoms with van der Waals surface area (Å²) in [5, 5.41) is 2.78. The van der Waals surface area contributed by atoms with E-state index in [4.69, 9.17) is 9.57 Å². The Morgan fingerprint density at radius 2 is 1.97 bits per heavy atom. The van der Waals surface area contributed by atoms with Crippen LogP contribution in [0.2, 0.25) is 0 Å². The van der Waals surface area contributed by atoms with Crippen LogP contribution in [0, 0.1) is 5.92 Å². The van der Waals surface area contributed by atoms with Crippen LogP contribution in [0.25, 0.3) is 0 Å². The Morgan fingerprint density at radius 3 is 2.69 bits per heavy atom. The number of carbonyl (C=O) groups is 3. The highest BCUT2D eigenvalue weighted by Crippen LogP contribution is 2.16. The number of hydrogen-bond acceptors (Lipinski definition) is 5. The van der Waals surface area contributed by atoms with E-state index in [1.54, 1.807) is 18.9 Å². The number of rotatable bonds is 4. The maximum atomic E-state index is 12.7. The van der Waals surface area contributed by atoms with Crippen LogP contribution in [0.5, 0.6) is 0 Å². The minimum atomic E-state index is -0.622. The zero-order valence-corrected chi connectivity index (χ0v) is 17.7. The molecule has 0 spiro atoms. The van der Waals surface area contributed by atoms with E-state index in [1.807, 2.05) is 0 Å². The molecule has 1 fully saturated rings. The summed E-state index contributed by atoms with van der Waals surface area (Å²) >= 11 is 0. The molecule has 8 heteroatoms. The molecule has 1 saturated heterocycles. The van der Waals surface area contributed by atoms with Crippen LogP contribution < -0.4 is 10.8 Å². The van der Waals surface area contributed by atoms with E-state index >= 15 is 0 Å². The summed E-state index contributed by atoms with van der Waals surface area (Å²) in [4.78, 5) is 44.5. The Kier molecular flexibility index (Phi) is 10.1. The molecule has 1 unspecified atom stereocenters. The van der Waals surface area contributed by atoms with Gasteiger partial charge in [0, 0.05) is 39.0 Å². The summed E-state index contributed by atoms with van der Waals surface area (Å²) in [6.45, 7) is 2.96. The van der Waals surface area contributed by atoms with Gasteiger partial charge in [0.05, 0.1) is 0 Å². The third kappa shape index (κ3) is 8.53. The highest BCUT2D eigenvalue weighted by atomic mass is 16.8. The van der Waals surface area contributed by atoms with E-state index in [2.05, 4.69) is 22.9 Å². The molecular weight excluding hydrogens is 374 g/mol. The van der Waals surface area contributed by atoms with Crippen molar-refractivity contribution >= 4 is 17.7 Å². The van der Waals surface area contributed by atoms with Crippen LogP contribution in [0.3, 0.4) is 0 Å². The van der Waals surface area contributed by atoms with Gasteiger partial charge in [0.15, 0.2) is 6.29 Å². The number of nitrogens with one attached hydrogen (secondary N) is 2. The summed E-state index contributed by atoms with van der Waals surface area (Å²) in [5.41, 5.74) is 2.42. The van der Waals surface area contributed by atoms with Gasteiger partial charge in [0.2, 0.25) is 17.7 Å². The Hall–Kier alpha value is -1.93. The van der Waals surface area contributed by atoms with Gasteiger partial charge in [-0.2, -0.15) is 0 Å². The van der Waals surface area contributed by atoms with E-state index < -0.39 is 18.2 Å². The summed E-state index contributed by atoms with van der Waals surface area (Å²) in [6, 6.07) is -0.622. The average molecular weight is 410 g/mol. The van der Waals surface area contributed by atoms with E-state index in [0.717, 1.165) is 44.9 Å². The zero-order chi connectivity index (χ0) is 21.1. The van der Waals surface area contributed by atoms with Crippen molar-refractivity contribution in [3.8, 4) is 0 Å². The zero-order valence-electron chi connectivity index (χ0n) is 17.7. The molecule has 0 bridgehead atoms. The number of likely N-dealkylation sites (N-methyl/N-ethyl adjacent to an activating group) is 1. The molecule has 29 heavy (non-hydrogen) atoms. The van der Waals surface area contributed by atoms with Gasteiger partial charge in [0.25, 0.3) is 0 Å². The molecule has 0 aliphatic carbocycles. The quantitative estimate of drug-likeness (QED) is 0.547. The van der Waals surface area contributed by atoms with Crippen molar-refractivity contribution in [2.24, 2.45) is 5.92 Å². The lowest BCUT2D eigenvalue weighted by molar-refractivity contribution is -0.200. The van der Waals surface area contributed by atoms with Gasteiger partial charge in [-0.1, -0.05) is 12.2 Å². The number of hydrogen-bond donors (Lipinski definition) is 2. The maximum absolute atomic E-state index is 12.7. The van der Waals surface area contributed by atoms with Crippen LogP contribution >= 0.6 is 0 Å². The van der Waals surface area contributed by atoms with Crippen molar-refractivity contribution in [1.29, 1.82) is 0 Å². The average Bonchev–Trinajstić information content (AvgIpc) is 2.72. The van der Waals surface area contributed by atoms with E-state index in [1.165, 1.54) is 0 Å². The second-order valence-electron chi connectivity index (χ2n) is 7.87. The third-order valence-electron chi connectivity index (χ3n) is 5.30. The van der Waals surface area contributed by atoms with Crippen molar-refractivity contribution in [3.05, 3.63) is 12.2 Å². The molecular formula is C21H35N3O5. The summed E-state index contributed by atoms with van der Waals surface area (Å²) in [5.74, 6) is -1.26. The fourth-order valence-corrected chi connectivity index (χ4v) is 3.52. The van der Waals surface area contributed by atoms with Crippen LogP contribution in [-0.2, 0) is 24.0 Å². The molecule has 2 aliphatic rings. The first-order chi connectivity index (χ1) is 14.0. The van der Waals surface area contributed by atoms with E-state index in [-0.39, 0.29) is 24.1 Å². The van der Waals surface area contributed by atoms with Gasteiger partial charge in [0.1, 0.15) is 6.04 Å². The van der Waals surface area contributed by atoms with Crippen LogP contribution in [0.1, 0.15) is 64.7 Å². The Balaban J connectivity index is 1.92. The predicted octanol–water partition coefficient (Wildman–Crippen LogP) is 2.05. The number of nitrogens with zero attached hydrogens (tertiary/aromatic N) is 1. The SMILES string of the molecule is C[C@@H]1NC(=O)[C@@H](CC(=O)NOC2CCCCO2)CCCC=CCCCN(C)C1=O. The van der Waals surface area contributed by atoms with Crippen molar-refractivity contribution in [3.63, 3.8) is 0 Å². The first kappa shape index (κ1) is 23.3. The van der Waals surface area contributed by atoms with Crippen molar-refractivity contribution in [2.45, 2.75) is 77.0 Å². The Bertz CT molecular complexity index is 575. The molecule has 2 heterocycles. The molecule has 0 radical (unpaired) electrons. The second kappa shape index (κ2) is 12.6. The molecule has 2 rings (SSSR count). The topological polar surface area (TPSA) is 97.0 Å². The smallest absolute Gasteiger partial charge is 0.244 e. The number of carbonyl (C=O) groups excluding carboxylic acids is 3. The van der Waals surface area contributed by atoms with Crippen molar-refractivity contribution in [1.82, 2.24) is 15.7 Å². The van der Waals surface area contributed by atoms with Gasteiger partial charge >= 0.3 is 0 Å². The normalized spacial score (nSPS) is 27.8. The molecule has 0 saturated carbocycles. The molecule has 0 aromatic rings. The minimum Gasteiger partial charge on any atom is -0.350 e. The van der Waals surface area contributed by atoms with Gasteiger partial charge in [-0.15, -0.1) is 0 Å². The molecule has 0 aromatic carbocycles. The van der Waals surface area contributed by atoms with Crippen LogP contribution in [0.4, 0.5) is 0 Å². The molecule has 2 aliphatic heterocycles. The Morgan fingerprint density at radius 1 is 1.21 bits per heavy atom. The van der Waals surface area contributed by atoms with Gasteiger partial charge < -0.3 is 15.0 Å². The molecule has 164 valence electrons. The van der Waals surface area contributed by atoms with E-state index in [0.29, 0.717) is 19.6 Å². The highest BCUT2D eigenvalue weighted by Gasteiger charge is 2.26. The lowest BCUT2D eigenvalue weighted by atomic mass is 9.96. The molecule has 0 aromatic heterocycles. The number of amides is 3. The number of allylic oxidation sites excluding steroid dienone is 2. The summed E-state index contributed by atoms with van der Waals surface area (Å²) in [7, 11) is 1.75. The van der Waals surface area contributed by atoms with Gasteiger partial charge in [-0.3, -0.25) is 14.4 Å². The van der Waals surface area contributed by atoms with Crippen molar-refractivity contribution < 1.29 is 24.0 Å². The van der Waals surface area contributed by atoms with Crippen LogP contribution in [-0.4, -0.2) is 55.2 Å². The fraction of sp³-hybridized carbons (Fsp3) is 0.762. The second-order valence-corrected chi connectivity index (χ2v) is 7.87. The standard InChI is InChI=1S/C21H35N3O5/c1-16-21(27)24(2)13-9-6-4-3-5-7-11-17(20(26)22-16)15-18(25)23-29-19-12-8-10-14-28-19/h3-4,16-17,19H,5-15H2,1-2H3,(H,22,26)(H,23,25)/t16-,17+,19?/m0/s1. The molecule has 2 N–H and O–H groups in total. The molecule has 3 atom stereocenters. The molecule has 8 nitrogen and oxygen atoms in total. The van der Waals surface area contributed by atoms with Crippen molar-refractivity contribution in [2.75, 3.05) is 20.2 Å². The van der Waals surface area contributed by atoms with Crippen LogP contribution in [0.15, 0.2) is 12.2 Å². The number of hydroxylamine groups is 1. The number of ether oxygens (including phenoxy) is 1.